The SMILES string of the molecule is CCn1nnnc1-c1ccccc1NC(=O)c1ccco1. The monoisotopic (exact) mass is 283 g/mol. The van der Waals surface area contributed by atoms with Crippen LogP contribution in [0.1, 0.15) is 17.5 Å². The van der Waals surface area contributed by atoms with E-state index in [9.17, 15) is 4.79 Å². The van der Waals surface area contributed by atoms with Crippen LogP contribution in [-0.2, 0) is 6.54 Å². The van der Waals surface area contributed by atoms with Crippen LogP contribution in [0.2, 0.25) is 0 Å². The molecule has 0 bridgehead atoms. The fourth-order valence-corrected chi connectivity index (χ4v) is 1.99. The molecule has 3 rings (SSSR count). The number of tetrazole rings is 1. The highest BCUT2D eigenvalue weighted by atomic mass is 16.3. The molecular weight excluding hydrogens is 270 g/mol. The number of furan rings is 1. The third-order valence-corrected chi connectivity index (χ3v) is 2.99. The number of amides is 1. The minimum Gasteiger partial charge on any atom is -0.459 e. The van der Waals surface area contributed by atoms with Gasteiger partial charge in [-0.05, 0) is 41.6 Å². The number of hydrogen-bond donors (Lipinski definition) is 1. The molecule has 7 nitrogen and oxygen atoms in total. The van der Waals surface area contributed by atoms with Crippen molar-refractivity contribution in [3.8, 4) is 11.4 Å². The van der Waals surface area contributed by atoms with Gasteiger partial charge in [0.2, 0.25) is 0 Å². The highest BCUT2D eigenvalue weighted by Crippen LogP contribution is 2.26. The molecule has 1 amide bonds. The van der Waals surface area contributed by atoms with Crippen LogP contribution < -0.4 is 5.32 Å². The van der Waals surface area contributed by atoms with Gasteiger partial charge in [-0.25, -0.2) is 4.68 Å². The molecule has 0 saturated carbocycles. The molecular formula is C14H13N5O2. The van der Waals surface area contributed by atoms with E-state index in [0.29, 0.717) is 18.1 Å². The summed E-state index contributed by atoms with van der Waals surface area (Å²) in [7, 11) is 0. The number of carbonyl (C=O) groups is 1. The summed E-state index contributed by atoms with van der Waals surface area (Å²) in [4.78, 5) is 12.1. The first-order chi connectivity index (χ1) is 10.3. The normalized spacial score (nSPS) is 10.5. The maximum Gasteiger partial charge on any atom is 0.291 e. The third kappa shape index (κ3) is 2.53. The summed E-state index contributed by atoms with van der Waals surface area (Å²) in [5.74, 6) is 0.538. The largest absolute Gasteiger partial charge is 0.459 e. The van der Waals surface area contributed by atoms with Crippen LogP contribution in [-0.4, -0.2) is 26.1 Å². The fraction of sp³-hybridized carbons (Fsp3) is 0.143. The van der Waals surface area contributed by atoms with E-state index >= 15 is 0 Å². The summed E-state index contributed by atoms with van der Waals surface area (Å²) in [5, 5.41) is 14.4. The molecule has 0 aliphatic rings. The van der Waals surface area contributed by atoms with Crippen molar-refractivity contribution in [1.29, 1.82) is 0 Å². The van der Waals surface area contributed by atoms with E-state index < -0.39 is 0 Å². The van der Waals surface area contributed by atoms with E-state index in [1.165, 1.54) is 6.26 Å². The highest BCUT2D eigenvalue weighted by Gasteiger charge is 2.15. The van der Waals surface area contributed by atoms with Crippen LogP contribution in [0, 0.1) is 0 Å². The molecule has 0 spiro atoms. The van der Waals surface area contributed by atoms with Crippen molar-refractivity contribution in [2.75, 3.05) is 5.32 Å². The fourth-order valence-electron chi connectivity index (χ4n) is 1.99. The molecule has 21 heavy (non-hydrogen) atoms. The van der Waals surface area contributed by atoms with Crippen molar-refractivity contribution in [2.24, 2.45) is 0 Å². The van der Waals surface area contributed by atoms with Gasteiger partial charge in [0.15, 0.2) is 11.6 Å². The standard InChI is InChI=1S/C14H13N5O2/c1-2-19-13(16-17-18-19)10-6-3-4-7-11(10)15-14(20)12-8-5-9-21-12/h3-9H,2H2,1H3,(H,15,20). The van der Waals surface area contributed by atoms with E-state index in [1.807, 2.05) is 25.1 Å². The molecule has 1 N–H and O–H groups in total. The smallest absolute Gasteiger partial charge is 0.291 e. The molecule has 106 valence electrons. The van der Waals surface area contributed by atoms with Crippen molar-refractivity contribution in [1.82, 2.24) is 20.2 Å². The Morgan fingerprint density at radius 2 is 2.14 bits per heavy atom. The number of nitrogens with zero attached hydrogens (tertiary/aromatic N) is 4. The summed E-state index contributed by atoms with van der Waals surface area (Å²) >= 11 is 0. The number of anilines is 1. The van der Waals surface area contributed by atoms with Crippen molar-refractivity contribution >= 4 is 11.6 Å². The van der Waals surface area contributed by atoms with Crippen LogP contribution >= 0.6 is 0 Å². The van der Waals surface area contributed by atoms with Crippen molar-refractivity contribution in [2.45, 2.75) is 13.5 Å². The Morgan fingerprint density at radius 3 is 2.90 bits per heavy atom. The maximum atomic E-state index is 12.1. The van der Waals surface area contributed by atoms with Gasteiger partial charge in [-0.15, -0.1) is 5.10 Å². The summed E-state index contributed by atoms with van der Waals surface area (Å²) in [6, 6.07) is 10.6. The molecule has 2 aromatic heterocycles. The Kier molecular flexibility index (Phi) is 3.46. The first kappa shape index (κ1) is 13.0. The third-order valence-electron chi connectivity index (χ3n) is 2.99. The van der Waals surface area contributed by atoms with Gasteiger partial charge in [0, 0.05) is 12.1 Å². The van der Waals surface area contributed by atoms with Gasteiger partial charge < -0.3 is 9.73 Å². The second-order valence-corrected chi connectivity index (χ2v) is 4.30. The van der Waals surface area contributed by atoms with E-state index in [4.69, 9.17) is 4.42 Å². The van der Waals surface area contributed by atoms with Gasteiger partial charge in [-0.2, -0.15) is 0 Å². The van der Waals surface area contributed by atoms with Gasteiger partial charge in [0.05, 0.1) is 12.0 Å². The quantitative estimate of drug-likeness (QED) is 0.793. The van der Waals surface area contributed by atoms with E-state index in [-0.39, 0.29) is 11.7 Å². The second kappa shape index (κ2) is 5.58. The second-order valence-electron chi connectivity index (χ2n) is 4.30. The molecule has 7 heteroatoms. The predicted octanol–water partition coefficient (Wildman–Crippen LogP) is 2.21. The van der Waals surface area contributed by atoms with Gasteiger partial charge >= 0.3 is 0 Å². The molecule has 0 aliphatic carbocycles. The number of benzene rings is 1. The van der Waals surface area contributed by atoms with Crippen molar-refractivity contribution in [3.05, 3.63) is 48.4 Å². The number of para-hydroxylation sites is 1. The number of hydrogen-bond acceptors (Lipinski definition) is 5. The van der Waals surface area contributed by atoms with Crippen LogP contribution in [0.5, 0.6) is 0 Å². The molecule has 0 saturated heterocycles. The van der Waals surface area contributed by atoms with Crippen molar-refractivity contribution in [3.63, 3.8) is 0 Å². The Morgan fingerprint density at radius 1 is 1.29 bits per heavy atom. The number of carbonyl (C=O) groups excluding carboxylic acids is 1. The average molecular weight is 283 g/mol. The topological polar surface area (TPSA) is 85.8 Å². The van der Waals surface area contributed by atoms with E-state index in [0.717, 1.165) is 5.56 Å². The van der Waals surface area contributed by atoms with Crippen LogP contribution in [0.25, 0.3) is 11.4 Å². The molecule has 3 aromatic rings. The van der Waals surface area contributed by atoms with E-state index in [2.05, 4.69) is 20.8 Å². The van der Waals surface area contributed by atoms with Crippen LogP contribution in [0.15, 0.2) is 47.1 Å². The Bertz CT molecular complexity index is 748. The lowest BCUT2D eigenvalue weighted by Gasteiger charge is -2.09. The van der Waals surface area contributed by atoms with Crippen LogP contribution in [0.3, 0.4) is 0 Å². The summed E-state index contributed by atoms with van der Waals surface area (Å²) < 4.78 is 6.75. The van der Waals surface area contributed by atoms with Gasteiger partial charge in [-0.3, -0.25) is 4.79 Å². The first-order valence-corrected chi connectivity index (χ1v) is 6.50. The number of nitrogens with one attached hydrogen (secondary N) is 1. The summed E-state index contributed by atoms with van der Waals surface area (Å²) in [6.45, 7) is 2.59. The molecule has 0 atom stereocenters. The summed E-state index contributed by atoms with van der Waals surface area (Å²) in [5.41, 5.74) is 1.38. The predicted molar refractivity (Wildman–Crippen MR) is 75.6 cm³/mol. The van der Waals surface area contributed by atoms with Gasteiger partial charge in [-0.1, -0.05) is 12.1 Å². The lowest BCUT2D eigenvalue weighted by Crippen LogP contribution is -2.12. The molecule has 0 unspecified atom stereocenters. The minimum absolute atomic E-state index is 0.250. The Hall–Kier alpha value is -2.96. The lowest BCUT2D eigenvalue weighted by molar-refractivity contribution is 0.0996. The Balaban J connectivity index is 1.95. The zero-order valence-corrected chi connectivity index (χ0v) is 11.4. The minimum atomic E-state index is -0.317. The first-order valence-electron chi connectivity index (χ1n) is 6.50. The van der Waals surface area contributed by atoms with E-state index in [1.54, 1.807) is 22.9 Å². The molecule has 0 radical (unpaired) electrons. The Labute approximate surface area is 120 Å². The zero-order chi connectivity index (χ0) is 14.7. The molecule has 2 heterocycles. The average Bonchev–Trinajstić information content (AvgIpc) is 3.19. The molecule has 1 aromatic carbocycles. The highest BCUT2D eigenvalue weighted by molar-refractivity contribution is 6.04. The van der Waals surface area contributed by atoms with Crippen molar-refractivity contribution < 1.29 is 9.21 Å². The zero-order valence-electron chi connectivity index (χ0n) is 11.4. The van der Waals surface area contributed by atoms with Crippen LogP contribution in [0.4, 0.5) is 5.69 Å². The maximum absolute atomic E-state index is 12.1. The number of aromatic nitrogens is 4. The lowest BCUT2D eigenvalue weighted by atomic mass is 10.1. The molecule has 0 fully saturated rings. The number of rotatable bonds is 4. The van der Waals surface area contributed by atoms with Gasteiger partial charge in [0.25, 0.3) is 5.91 Å². The molecule has 0 aliphatic heterocycles. The van der Waals surface area contributed by atoms with Gasteiger partial charge in [0.1, 0.15) is 0 Å². The number of aryl methyl sites for hydroxylation is 1. The summed E-state index contributed by atoms with van der Waals surface area (Å²) in [6.07, 6.45) is 1.46.